The van der Waals surface area contributed by atoms with Crippen LogP contribution in [0.15, 0.2) is 41.0 Å². The average Bonchev–Trinajstić information content (AvgIpc) is 3.12. The number of halogens is 4. The molecule has 0 aliphatic carbocycles. The summed E-state index contributed by atoms with van der Waals surface area (Å²) in [4.78, 5) is 21.2. The zero-order valence-electron chi connectivity index (χ0n) is 15.8. The van der Waals surface area contributed by atoms with E-state index >= 15 is 0 Å². The Labute approximate surface area is 174 Å². The number of likely N-dealkylation sites (N-methyl/N-ethyl adjacent to an activating group) is 1. The summed E-state index contributed by atoms with van der Waals surface area (Å²) in [5.74, 6) is 0.00675. The molecule has 1 amide bonds. The van der Waals surface area contributed by atoms with Gasteiger partial charge in [0.15, 0.2) is 0 Å². The van der Waals surface area contributed by atoms with Gasteiger partial charge in [-0.05, 0) is 66.8 Å². The SMILES string of the molecule is CN(C)C1CCN(c2ncc(C(=O)Nc3ccc(OC(F)(F)F)cc3)cc2Br)C1. The van der Waals surface area contributed by atoms with Crippen LogP contribution in [0.1, 0.15) is 16.8 Å². The lowest BCUT2D eigenvalue weighted by molar-refractivity contribution is -0.274. The van der Waals surface area contributed by atoms with Crippen LogP contribution in [0.5, 0.6) is 5.75 Å². The van der Waals surface area contributed by atoms with Crippen molar-refractivity contribution >= 4 is 33.3 Å². The zero-order valence-corrected chi connectivity index (χ0v) is 17.4. The number of nitrogens with zero attached hydrogens (tertiary/aromatic N) is 3. The van der Waals surface area contributed by atoms with Crippen LogP contribution in [0.4, 0.5) is 24.7 Å². The molecule has 6 nitrogen and oxygen atoms in total. The number of carbonyl (C=O) groups is 1. The number of alkyl halides is 3. The van der Waals surface area contributed by atoms with Crippen LogP contribution in [0, 0.1) is 0 Å². The van der Waals surface area contributed by atoms with Crippen LogP contribution >= 0.6 is 15.9 Å². The van der Waals surface area contributed by atoms with Crippen LogP contribution < -0.4 is 15.0 Å². The van der Waals surface area contributed by atoms with Crippen molar-refractivity contribution in [2.45, 2.75) is 18.8 Å². The van der Waals surface area contributed by atoms with Gasteiger partial charge in [0.2, 0.25) is 0 Å². The molecule has 3 rings (SSSR count). The average molecular weight is 473 g/mol. The Bertz CT molecular complexity index is 875. The molecule has 156 valence electrons. The third-order valence-electron chi connectivity index (χ3n) is 4.62. The third-order valence-corrected chi connectivity index (χ3v) is 5.21. The first-order chi connectivity index (χ1) is 13.6. The molecule has 1 aromatic carbocycles. The van der Waals surface area contributed by atoms with E-state index in [0.717, 1.165) is 37.5 Å². The van der Waals surface area contributed by atoms with Gasteiger partial charge in [0, 0.05) is 31.0 Å². The van der Waals surface area contributed by atoms with Crippen LogP contribution in [-0.2, 0) is 0 Å². The molecule has 1 aliphatic rings. The molecule has 1 N–H and O–H groups in total. The Morgan fingerprint density at radius 2 is 2.00 bits per heavy atom. The van der Waals surface area contributed by atoms with E-state index < -0.39 is 12.3 Å². The first-order valence-electron chi connectivity index (χ1n) is 8.86. The van der Waals surface area contributed by atoms with Crippen molar-refractivity contribution in [2.24, 2.45) is 0 Å². The minimum atomic E-state index is -4.76. The number of anilines is 2. The van der Waals surface area contributed by atoms with E-state index in [2.05, 4.69) is 40.8 Å². The molecular formula is C19H20BrF3N4O2. The number of pyridine rings is 1. The lowest BCUT2D eigenvalue weighted by atomic mass is 10.2. The highest BCUT2D eigenvalue weighted by Crippen LogP contribution is 2.29. The second kappa shape index (κ2) is 8.58. The van der Waals surface area contributed by atoms with Gasteiger partial charge in [0.25, 0.3) is 5.91 Å². The fourth-order valence-corrected chi connectivity index (χ4v) is 3.69. The first-order valence-corrected chi connectivity index (χ1v) is 9.66. The Hall–Kier alpha value is -2.33. The topological polar surface area (TPSA) is 57.7 Å². The Morgan fingerprint density at radius 3 is 2.55 bits per heavy atom. The highest BCUT2D eigenvalue weighted by Gasteiger charge is 2.31. The van der Waals surface area contributed by atoms with E-state index in [0.29, 0.717) is 21.8 Å². The lowest BCUT2D eigenvalue weighted by Crippen LogP contribution is -2.31. The molecule has 2 aromatic rings. The summed E-state index contributed by atoms with van der Waals surface area (Å²) in [7, 11) is 4.09. The van der Waals surface area contributed by atoms with Gasteiger partial charge in [-0.15, -0.1) is 13.2 Å². The van der Waals surface area contributed by atoms with Crippen molar-refractivity contribution in [3.63, 3.8) is 0 Å². The predicted molar refractivity (Wildman–Crippen MR) is 107 cm³/mol. The number of hydrogen-bond acceptors (Lipinski definition) is 5. The number of aromatic nitrogens is 1. The number of carbonyl (C=O) groups excluding carboxylic acids is 1. The molecule has 0 bridgehead atoms. The monoisotopic (exact) mass is 472 g/mol. The van der Waals surface area contributed by atoms with Crippen LogP contribution in [0.25, 0.3) is 0 Å². The van der Waals surface area contributed by atoms with E-state index in [9.17, 15) is 18.0 Å². The van der Waals surface area contributed by atoms with Crippen LogP contribution in [0.3, 0.4) is 0 Å². The smallest absolute Gasteiger partial charge is 0.406 e. The fourth-order valence-electron chi connectivity index (χ4n) is 3.09. The number of hydrogen-bond donors (Lipinski definition) is 1. The maximum absolute atomic E-state index is 12.5. The molecule has 1 fully saturated rings. The van der Waals surface area contributed by atoms with Gasteiger partial charge in [-0.1, -0.05) is 0 Å². The summed E-state index contributed by atoms with van der Waals surface area (Å²) in [6, 6.07) is 7.07. The predicted octanol–water partition coefficient (Wildman–Crippen LogP) is 4.14. The number of amides is 1. The van der Waals surface area contributed by atoms with Crippen LogP contribution in [-0.4, -0.2) is 55.4 Å². The molecule has 1 unspecified atom stereocenters. The normalized spacial score (nSPS) is 16.9. The maximum Gasteiger partial charge on any atom is 0.573 e. The summed E-state index contributed by atoms with van der Waals surface area (Å²) in [6.07, 6.45) is -2.23. The number of nitrogens with one attached hydrogen (secondary N) is 1. The largest absolute Gasteiger partial charge is 0.573 e. The van der Waals surface area contributed by atoms with Gasteiger partial charge in [0.05, 0.1) is 10.0 Å². The third kappa shape index (κ3) is 5.60. The summed E-state index contributed by atoms with van der Waals surface area (Å²) in [6.45, 7) is 1.74. The molecule has 2 heterocycles. The van der Waals surface area contributed by atoms with E-state index in [1.807, 2.05) is 14.1 Å². The zero-order chi connectivity index (χ0) is 21.2. The summed E-state index contributed by atoms with van der Waals surface area (Å²) < 4.78 is 41.1. The van der Waals surface area contributed by atoms with E-state index in [1.54, 1.807) is 6.07 Å². The molecule has 0 saturated carbocycles. The van der Waals surface area contributed by atoms with Crippen molar-refractivity contribution in [2.75, 3.05) is 37.4 Å². The van der Waals surface area contributed by atoms with Crippen molar-refractivity contribution in [1.82, 2.24) is 9.88 Å². The standard InChI is InChI=1S/C19H20BrF3N4O2/c1-26(2)14-7-8-27(11-14)17-16(20)9-12(10-24-17)18(28)25-13-3-5-15(6-4-13)29-19(21,22)23/h3-6,9-10,14H,7-8,11H2,1-2H3,(H,25,28). The van der Waals surface area contributed by atoms with Gasteiger partial charge >= 0.3 is 6.36 Å². The Balaban J connectivity index is 1.65. The summed E-state index contributed by atoms with van der Waals surface area (Å²) in [5.41, 5.74) is 0.678. The molecule has 1 atom stereocenters. The minimum absolute atomic E-state index is 0.333. The highest BCUT2D eigenvalue weighted by atomic mass is 79.9. The molecular weight excluding hydrogens is 453 g/mol. The van der Waals surface area contributed by atoms with Crippen molar-refractivity contribution < 1.29 is 22.7 Å². The van der Waals surface area contributed by atoms with E-state index in [1.165, 1.54) is 18.3 Å². The molecule has 1 aromatic heterocycles. The summed E-state index contributed by atoms with van der Waals surface area (Å²) in [5, 5.41) is 2.63. The quantitative estimate of drug-likeness (QED) is 0.708. The molecule has 1 saturated heterocycles. The van der Waals surface area contributed by atoms with Gasteiger partial charge in [-0.2, -0.15) is 0 Å². The highest BCUT2D eigenvalue weighted by molar-refractivity contribution is 9.10. The van der Waals surface area contributed by atoms with Crippen molar-refractivity contribution in [3.8, 4) is 5.75 Å². The van der Waals surface area contributed by atoms with Gasteiger partial charge in [0.1, 0.15) is 11.6 Å². The Morgan fingerprint density at radius 1 is 1.31 bits per heavy atom. The maximum atomic E-state index is 12.5. The lowest BCUT2D eigenvalue weighted by Gasteiger charge is -2.22. The first kappa shape index (κ1) is 21.4. The minimum Gasteiger partial charge on any atom is -0.406 e. The second-order valence-corrected chi connectivity index (χ2v) is 7.76. The van der Waals surface area contributed by atoms with Crippen molar-refractivity contribution in [1.29, 1.82) is 0 Å². The van der Waals surface area contributed by atoms with E-state index in [4.69, 9.17) is 0 Å². The van der Waals surface area contributed by atoms with Crippen LogP contribution in [0.2, 0.25) is 0 Å². The van der Waals surface area contributed by atoms with E-state index in [-0.39, 0.29) is 5.75 Å². The molecule has 10 heteroatoms. The molecule has 0 radical (unpaired) electrons. The molecule has 1 aliphatic heterocycles. The second-order valence-electron chi connectivity index (χ2n) is 6.91. The fraction of sp³-hybridized carbons (Fsp3) is 0.368. The van der Waals surface area contributed by atoms with Gasteiger partial charge in [-0.3, -0.25) is 4.79 Å². The van der Waals surface area contributed by atoms with Gasteiger partial charge in [-0.25, -0.2) is 4.98 Å². The molecule has 29 heavy (non-hydrogen) atoms. The van der Waals surface area contributed by atoms with Gasteiger partial charge < -0.3 is 19.9 Å². The summed E-state index contributed by atoms with van der Waals surface area (Å²) >= 11 is 3.48. The van der Waals surface area contributed by atoms with Crippen molar-refractivity contribution in [3.05, 3.63) is 46.6 Å². The number of benzene rings is 1. The molecule has 0 spiro atoms. The Kier molecular flexibility index (Phi) is 6.33. The number of rotatable bonds is 5. The number of ether oxygens (including phenoxy) is 1.